The molecule has 0 saturated carbocycles. The predicted molar refractivity (Wildman–Crippen MR) is 96.2 cm³/mol. The van der Waals surface area contributed by atoms with E-state index in [0.717, 1.165) is 5.69 Å². The number of anilines is 3. The number of hydrogen-bond acceptors (Lipinski definition) is 6. The van der Waals surface area contributed by atoms with Gasteiger partial charge in [0.15, 0.2) is 11.5 Å². The van der Waals surface area contributed by atoms with Gasteiger partial charge in [-0.25, -0.2) is 9.97 Å². The summed E-state index contributed by atoms with van der Waals surface area (Å²) < 4.78 is 0. The molecule has 0 fully saturated rings. The summed E-state index contributed by atoms with van der Waals surface area (Å²) in [6.07, 6.45) is 6.31. The number of carbonyl (C=O) groups excluding carboxylic acids is 1. The van der Waals surface area contributed by atoms with E-state index < -0.39 is 0 Å². The van der Waals surface area contributed by atoms with Gasteiger partial charge >= 0.3 is 0 Å². The van der Waals surface area contributed by atoms with Gasteiger partial charge in [-0.05, 0) is 32.0 Å². The average Bonchev–Trinajstić information content (AvgIpc) is 2.56. The highest BCUT2D eigenvalue weighted by Gasteiger charge is 2.16. The van der Waals surface area contributed by atoms with Gasteiger partial charge in [-0.3, -0.25) is 14.8 Å². The summed E-state index contributed by atoms with van der Waals surface area (Å²) in [5.74, 6) is -0.0581. The molecular weight excluding hydrogens is 340 g/mol. The van der Waals surface area contributed by atoms with Gasteiger partial charge in [-0.1, -0.05) is 11.6 Å². The third-order valence-electron chi connectivity index (χ3n) is 3.23. The monoisotopic (exact) mass is 354 g/mol. The van der Waals surface area contributed by atoms with E-state index in [4.69, 9.17) is 11.6 Å². The van der Waals surface area contributed by atoms with Crippen LogP contribution in [0.15, 0.2) is 43.0 Å². The fourth-order valence-corrected chi connectivity index (χ4v) is 2.33. The van der Waals surface area contributed by atoms with Crippen molar-refractivity contribution in [3.8, 4) is 0 Å². The van der Waals surface area contributed by atoms with Gasteiger partial charge in [0, 0.05) is 23.8 Å². The summed E-state index contributed by atoms with van der Waals surface area (Å²) in [4.78, 5) is 29.3. The second-order valence-corrected chi connectivity index (χ2v) is 5.80. The number of rotatable bonds is 4. The molecule has 0 aliphatic rings. The highest BCUT2D eigenvalue weighted by atomic mass is 35.5. The predicted octanol–water partition coefficient (Wildman–Crippen LogP) is 3.53. The lowest BCUT2D eigenvalue weighted by Gasteiger charge is -2.11. The van der Waals surface area contributed by atoms with E-state index in [1.54, 1.807) is 43.7 Å². The first kappa shape index (κ1) is 16.8. The van der Waals surface area contributed by atoms with E-state index in [2.05, 4.69) is 30.6 Å². The van der Waals surface area contributed by atoms with Crippen LogP contribution in [0.3, 0.4) is 0 Å². The quantitative estimate of drug-likeness (QED) is 0.744. The number of nitrogens with zero attached hydrogens (tertiary/aromatic N) is 4. The van der Waals surface area contributed by atoms with Crippen LogP contribution in [0.25, 0.3) is 0 Å². The first-order chi connectivity index (χ1) is 12.0. The van der Waals surface area contributed by atoms with Crippen LogP contribution in [0.5, 0.6) is 0 Å². The zero-order chi connectivity index (χ0) is 17.8. The Morgan fingerprint density at radius 2 is 1.88 bits per heavy atom. The van der Waals surface area contributed by atoms with Crippen LogP contribution in [0.2, 0.25) is 5.02 Å². The molecule has 0 aromatic carbocycles. The molecule has 7 nitrogen and oxygen atoms in total. The van der Waals surface area contributed by atoms with Gasteiger partial charge in [0.25, 0.3) is 5.91 Å². The summed E-state index contributed by atoms with van der Waals surface area (Å²) in [5, 5.41) is 6.30. The Labute approximate surface area is 149 Å². The zero-order valence-corrected chi connectivity index (χ0v) is 14.4. The highest BCUT2D eigenvalue weighted by molar-refractivity contribution is 6.30. The van der Waals surface area contributed by atoms with Crippen molar-refractivity contribution < 1.29 is 4.79 Å². The first-order valence-electron chi connectivity index (χ1n) is 7.46. The largest absolute Gasteiger partial charge is 0.337 e. The smallest absolute Gasteiger partial charge is 0.278 e. The fraction of sp³-hybridized carbons (Fsp3) is 0.118. The Bertz CT molecular complexity index is 931. The second kappa shape index (κ2) is 7.23. The Morgan fingerprint density at radius 1 is 1.04 bits per heavy atom. The molecule has 2 N–H and O–H groups in total. The topological polar surface area (TPSA) is 92.7 Å². The van der Waals surface area contributed by atoms with Crippen LogP contribution in [0.4, 0.5) is 17.2 Å². The molecule has 1 amide bonds. The number of halogens is 1. The first-order valence-corrected chi connectivity index (χ1v) is 7.84. The van der Waals surface area contributed by atoms with Crippen molar-refractivity contribution in [3.63, 3.8) is 0 Å². The molecule has 3 heterocycles. The van der Waals surface area contributed by atoms with Crippen molar-refractivity contribution in [1.82, 2.24) is 19.9 Å². The maximum atomic E-state index is 12.6. The molecule has 8 heteroatoms. The molecule has 0 unspecified atom stereocenters. The minimum absolute atomic E-state index is 0.175. The SMILES string of the molecule is Cc1cc(NC(=O)c2nc(C)cnc2Nc2cncc(Cl)c2)ccn1. The second-order valence-electron chi connectivity index (χ2n) is 5.37. The van der Waals surface area contributed by atoms with E-state index in [-0.39, 0.29) is 11.6 Å². The van der Waals surface area contributed by atoms with E-state index in [0.29, 0.717) is 27.9 Å². The van der Waals surface area contributed by atoms with Crippen molar-refractivity contribution in [2.24, 2.45) is 0 Å². The molecule has 0 bridgehead atoms. The maximum absolute atomic E-state index is 12.6. The lowest BCUT2D eigenvalue weighted by atomic mass is 10.3. The fourth-order valence-electron chi connectivity index (χ4n) is 2.16. The molecule has 3 aromatic heterocycles. The van der Waals surface area contributed by atoms with Gasteiger partial charge in [0.2, 0.25) is 0 Å². The van der Waals surface area contributed by atoms with Crippen LogP contribution in [0, 0.1) is 13.8 Å². The van der Waals surface area contributed by atoms with Crippen molar-refractivity contribution in [1.29, 1.82) is 0 Å². The molecule has 0 saturated heterocycles. The number of hydrogen-bond donors (Lipinski definition) is 2. The van der Waals surface area contributed by atoms with E-state index >= 15 is 0 Å². The zero-order valence-electron chi connectivity index (χ0n) is 13.6. The van der Waals surface area contributed by atoms with Gasteiger partial charge < -0.3 is 10.6 Å². The van der Waals surface area contributed by atoms with E-state index in [9.17, 15) is 4.79 Å². The molecule has 0 radical (unpaired) electrons. The Kier molecular flexibility index (Phi) is 4.85. The number of amides is 1. The van der Waals surface area contributed by atoms with E-state index in [1.807, 2.05) is 6.92 Å². The van der Waals surface area contributed by atoms with Crippen LogP contribution in [-0.4, -0.2) is 25.8 Å². The summed E-state index contributed by atoms with van der Waals surface area (Å²) in [5.41, 5.74) is 2.85. The lowest BCUT2D eigenvalue weighted by Crippen LogP contribution is -2.17. The standard InChI is InChI=1S/C17H15ClN6O/c1-10-5-13(3-4-20-10)24-17(25)15-16(21-7-11(2)22-15)23-14-6-12(18)8-19-9-14/h3-9H,1-2H3,(H,21,23)(H,20,24,25). The number of aromatic nitrogens is 4. The van der Waals surface area contributed by atoms with Crippen LogP contribution in [-0.2, 0) is 0 Å². The molecular formula is C17H15ClN6O. The average molecular weight is 355 g/mol. The number of pyridine rings is 2. The van der Waals surface area contributed by atoms with Gasteiger partial charge in [0.05, 0.1) is 28.8 Å². The van der Waals surface area contributed by atoms with E-state index in [1.165, 1.54) is 6.20 Å². The minimum atomic E-state index is -0.376. The molecule has 3 aromatic rings. The van der Waals surface area contributed by atoms with Crippen LogP contribution >= 0.6 is 11.6 Å². The van der Waals surface area contributed by atoms with Crippen LogP contribution < -0.4 is 10.6 Å². The summed E-state index contributed by atoms with van der Waals surface area (Å²) in [6.45, 7) is 3.62. The normalized spacial score (nSPS) is 10.4. The van der Waals surface area contributed by atoms with Crippen molar-refractivity contribution >= 4 is 34.7 Å². The molecule has 3 rings (SSSR count). The third-order valence-corrected chi connectivity index (χ3v) is 3.44. The lowest BCUT2D eigenvalue weighted by molar-refractivity contribution is 0.102. The van der Waals surface area contributed by atoms with Crippen molar-refractivity contribution in [2.75, 3.05) is 10.6 Å². The molecule has 0 aliphatic carbocycles. The molecule has 25 heavy (non-hydrogen) atoms. The Hall–Kier alpha value is -3.06. The summed E-state index contributed by atoms with van der Waals surface area (Å²) >= 11 is 5.94. The molecule has 126 valence electrons. The minimum Gasteiger partial charge on any atom is -0.337 e. The molecule has 0 aliphatic heterocycles. The van der Waals surface area contributed by atoms with Crippen molar-refractivity contribution in [2.45, 2.75) is 13.8 Å². The maximum Gasteiger partial charge on any atom is 0.278 e. The summed E-state index contributed by atoms with van der Waals surface area (Å²) in [6, 6.07) is 5.17. The van der Waals surface area contributed by atoms with Crippen LogP contribution in [0.1, 0.15) is 21.9 Å². The Morgan fingerprint density at radius 3 is 2.64 bits per heavy atom. The summed E-state index contributed by atoms with van der Waals surface area (Å²) in [7, 11) is 0. The number of nitrogens with one attached hydrogen (secondary N) is 2. The van der Waals surface area contributed by atoms with Gasteiger partial charge in [-0.2, -0.15) is 0 Å². The highest BCUT2D eigenvalue weighted by Crippen LogP contribution is 2.20. The van der Waals surface area contributed by atoms with Gasteiger partial charge in [0.1, 0.15) is 0 Å². The molecule has 0 atom stereocenters. The number of carbonyl (C=O) groups is 1. The molecule has 0 spiro atoms. The van der Waals surface area contributed by atoms with Gasteiger partial charge in [-0.15, -0.1) is 0 Å². The number of aryl methyl sites for hydroxylation is 2. The Balaban J connectivity index is 1.89. The van der Waals surface area contributed by atoms with Crippen molar-refractivity contribution in [3.05, 3.63) is 65.1 Å². The third kappa shape index (κ3) is 4.27.